The Morgan fingerprint density at radius 2 is 2.15 bits per heavy atom. The van der Waals surface area contributed by atoms with Gasteiger partial charge in [-0.2, -0.15) is 4.98 Å². The Kier molecular flexibility index (Phi) is 4.60. The van der Waals surface area contributed by atoms with Crippen LogP contribution < -0.4 is 15.8 Å². The summed E-state index contributed by atoms with van der Waals surface area (Å²) in [6.45, 7) is 1.43. The van der Waals surface area contributed by atoms with Crippen molar-refractivity contribution in [2.45, 2.75) is 12.8 Å². The number of anilines is 2. The SMILES string of the molecule is O=C(Nc1cccc(Cl)c1)C1CCN(c2nc3nc[nH]c(=O)c3s2)CC1. The Labute approximate surface area is 158 Å². The number of nitrogens with one attached hydrogen (secondary N) is 2. The Bertz CT molecular complexity index is 1010. The molecule has 4 rings (SSSR count). The fraction of sp³-hybridized carbons (Fsp3) is 0.294. The topological polar surface area (TPSA) is 91.0 Å². The molecule has 0 radical (unpaired) electrons. The number of thiazole rings is 1. The number of aromatic amines is 1. The summed E-state index contributed by atoms with van der Waals surface area (Å²) in [6, 6.07) is 7.14. The van der Waals surface area contributed by atoms with Crippen LogP contribution in [0, 0.1) is 5.92 Å². The molecule has 1 aliphatic rings. The minimum atomic E-state index is -0.172. The van der Waals surface area contributed by atoms with E-state index in [-0.39, 0.29) is 17.4 Å². The van der Waals surface area contributed by atoms with Gasteiger partial charge in [0.2, 0.25) is 5.91 Å². The number of aromatic nitrogens is 3. The molecule has 1 saturated heterocycles. The van der Waals surface area contributed by atoms with Crippen molar-refractivity contribution in [3.63, 3.8) is 0 Å². The van der Waals surface area contributed by atoms with Crippen molar-refractivity contribution in [1.29, 1.82) is 0 Å². The summed E-state index contributed by atoms with van der Waals surface area (Å²) in [7, 11) is 0. The summed E-state index contributed by atoms with van der Waals surface area (Å²) in [5, 5.41) is 4.30. The van der Waals surface area contributed by atoms with Gasteiger partial charge in [0.05, 0.1) is 6.33 Å². The third-order valence-corrected chi connectivity index (χ3v) is 5.75. The number of hydrogen-bond acceptors (Lipinski definition) is 6. The van der Waals surface area contributed by atoms with Crippen molar-refractivity contribution >= 4 is 50.0 Å². The molecule has 1 fully saturated rings. The summed E-state index contributed by atoms with van der Waals surface area (Å²) in [4.78, 5) is 37.5. The molecule has 3 aromatic rings. The highest BCUT2D eigenvalue weighted by Crippen LogP contribution is 2.29. The van der Waals surface area contributed by atoms with E-state index in [1.807, 2.05) is 12.1 Å². The minimum Gasteiger partial charge on any atom is -0.348 e. The quantitative estimate of drug-likeness (QED) is 0.718. The highest BCUT2D eigenvalue weighted by atomic mass is 35.5. The fourth-order valence-corrected chi connectivity index (χ4v) is 4.19. The van der Waals surface area contributed by atoms with Gasteiger partial charge in [0.15, 0.2) is 10.8 Å². The first-order valence-corrected chi connectivity index (χ1v) is 9.45. The molecule has 0 saturated carbocycles. The van der Waals surface area contributed by atoms with E-state index in [2.05, 4.69) is 25.2 Å². The van der Waals surface area contributed by atoms with Crippen LogP contribution in [0.4, 0.5) is 10.8 Å². The molecule has 2 aromatic heterocycles. The van der Waals surface area contributed by atoms with E-state index in [1.165, 1.54) is 17.7 Å². The number of rotatable bonds is 3. The van der Waals surface area contributed by atoms with E-state index in [9.17, 15) is 9.59 Å². The highest BCUT2D eigenvalue weighted by Gasteiger charge is 2.27. The van der Waals surface area contributed by atoms with Crippen LogP contribution in [0.5, 0.6) is 0 Å². The standard InChI is InChI=1S/C17H16ClN5O2S/c18-11-2-1-3-12(8-11)21-15(24)10-4-6-23(7-5-10)17-22-14-13(26-17)16(25)20-9-19-14/h1-3,8-10H,4-7H2,(H,21,24)(H,19,20,25). The van der Waals surface area contributed by atoms with Gasteiger partial charge in [-0.1, -0.05) is 29.0 Å². The van der Waals surface area contributed by atoms with Gasteiger partial charge in [0.1, 0.15) is 4.70 Å². The maximum Gasteiger partial charge on any atom is 0.270 e. The maximum absolute atomic E-state index is 12.5. The minimum absolute atomic E-state index is 0.00864. The predicted molar refractivity (Wildman–Crippen MR) is 103 cm³/mol. The molecular weight excluding hydrogens is 374 g/mol. The maximum atomic E-state index is 12.5. The van der Waals surface area contributed by atoms with Gasteiger partial charge in [0, 0.05) is 29.7 Å². The lowest BCUT2D eigenvalue weighted by atomic mass is 9.96. The molecule has 2 N–H and O–H groups in total. The fourth-order valence-electron chi connectivity index (χ4n) is 3.03. The van der Waals surface area contributed by atoms with Crippen LogP contribution in [0.15, 0.2) is 35.4 Å². The van der Waals surface area contributed by atoms with Crippen LogP contribution in [0.1, 0.15) is 12.8 Å². The smallest absolute Gasteiger partial charge is 0.270 e. The van der Waals surface area contributed by atoms with Gasteiger partial charge in [-0.05, 0) is 31.0 Å². The molecule has 3 heterocycles. The number of amides is 1. The molecule has 0 aliphatic carbocycles. The second-order valence-electron chi connectivity index (χ2n) is 6.14. The third kappa shape index (κ3) is 3.42. The van der Waals surface area contributed by atoms with Gasteiger partial charge in [-0.15, -0.1) is 0 Å². The van der Waals surface area contributed by atoms with Gasteiger partial charge in [0.25, 0.3) is 5.56 Å². The van der Waals surface area contributed by atoms with Crippen LogP contribution in [0.2, 0.25) is 5.02 Å². The summed E-state index contributed by atoms with van der Waals surface area (Å²) in [6.07, 6.45) is 2.82. The molecule has 7 nitrogen and oxygen atoms in total. The van der Waals surface area contributed by atoms with Crippen molar-refractivity contribution in [2.24, 2.45) is 5.92 Å². The zero-order valence-corrected chi connectivity index (χ0v) is 15.3. The largest absolute Gasteiger partial charge is 0.348 e. The van der Waals surface area contributed by atoms with Crippen molar-refractivity contribution in [2.75, 3.05) is 23.3 Å². The Morgan fingerprint density at radius 3 is 2.88 bits per heavy atom. The van der Waals surface area contributed by atoms with Crippen LogP contribution in [-0.2, 0) is 4.79 Å². The first-order chi connectivity index (χ1) is 12.6. The van der Waals surface area contributed by atoms with Gasteiger partial charge in [-0.25, -0.2) is 4.98 Å². The van der Waals surface area contributed by atoms with E-state index >= 15 is 0 Å². The van der Waals surface area contributed by atoms with Crippen molar-refractivity contribution in [1.82, 2.24) is 15.0 Å². The number of hydrogen-bond donors (Lipinski definition) is 2. The molecule has 26 heavy (non-hydrogen) atoms. The number of benzene rings is 1. The number of fused-ring (bicyclic) bond motifs is 1. The summed E-state index contributed by atoms with van der Waals surface area (Å²) in [5.41, 5.74) is 1.01. The van der Waals surface area contributed by atoms with Crippen LogP contribution >= 0.6 is 22.9 Å². The number of nitrogens with zero attached hydrogens (tertiary/aromatic N) is 3. The van der Waals surface area contributed by atoms with Crippen molar-refractivity contribution < 1.29 is 4.79 Å². The van der Waals surface area contributed by atoms with E-state index in [4.69, 9.17) is 11.6 Å². The number of piperidine rings is 1. The molecular formula is C17H16ClN5O2S. The van der Waals surface area contributed by atoms with E-state index in [0.717, 1.165) is 18.0 Å². The summed E-state index contributed by atoms with van der Waals surface area (Å²) >= 11 is 7.29. The molecule has 134 valence electrons. The van der Waals surface area contributed by atoms with Crippen molar-refractivity contribution in [3.8, 4) is 0 Å². The average Bonchev–Trinajstić information content (AvgIpc) is 3.08. The lowest BCUT2D eigenvalue weighted by Gasteiger charge is -2.30. The van der Waals surface area contributed by atoms with Crippen molar-refractivity contribution in [3.05, 3.63) is 46.0 Å². The third-order valence-electron chi connectivity index (χ3n) is 4.42. The molecule has 0 bridgehead atoms. The number of halogens is 1. The first-order valence-electron chi connectivity index (χ1n) is 8.26. The number of carbonyl (C=O) groups is 1. The molecule has 0 spiro atoms. The van der Waals surface area contributed by atoms with Gasteiger partial charge < -0.3 is 15.2 Å². The first kappa shape index (κ1) is 17.0. The Hall–Kier alpha value is -2.45. The molecule has 0 atom stereocenters. The summed E-state index contributed by atoms with van der Waals surface area (Å²) < 4.78 is 0.531. The van der Waals surface area contributed by atoms with Gasteiger partial charge in [-0.3, -0.25) is 9.59 Å². The molecule has 1 amide bonds. The normalized spacial score (nSPS) is 15.3. The van der Waals surface area contributed by atoms with E-state index in [0.29, 0.717) is 34.1 Å². The summed E-state index contributed by atoms with van der Waals surface area (Å²) in [5.74, 6) is -0.0459. The predicted octanol–water partition coefficient (Wildman–Crippen LogP) is 2.89. The van der Waals surface area contributed by atoms with Gasteiger partial charge >= 0.3 is 0 Å². The highest BCUT2D eigenvalue weighted by molar-refractivity contribution is 7.22. The zero-order valence-electron chi connectivity index (χ0n) is 13.7. The molecule has 1 aliphatic heterocycles. The Morgan fingerprint density at radius 1 is 1.35 bits per heavy atom. The van der Waals surface area contributed by atoms with E-state index < -0.39 is 0 Å². The van der Waals surface area contributed by atoms with E-state index in [1.54, 1.807) is 12.1 Å². The number of carbonyl (C=O) groups excluding carboxylic acids is 1. The zero-order chi connectivity index (χ0) is 18.1. The monoisotopic (exact) mass is 389 g/mol. The van der Waals surface area contributed by atoms with Crippen LogP contribution in [-0.4, -0.2) is 33.9 Å². The lowest BCUT2D eigenvalue weighted by molar-refractivity contribution is -0.120. The lowest BCUT2D eigenvalue weighted by Crippen LogP contribution is -2.38. The molecule has 9 heteroatoms. The van der Waals surface area contributed by atoms with Crippen LogP contribution in [0.25, 0.3) is 10.3 Å². The second kappa shape index (κ2) is 7.05. The Balaban J connectivity index is 1.41. The molecule has 0 unspecified atom stereocenters. The second-order valence-corrected chi connectivity index (χ2v) is 7.56. The van der Waals surface area contributed by atoms with Crippen LogP contribution in [0.3, 0.4) is 0 Å². The molecule has 1 aromatic carbocycles. The average molecular weight is 390 g/mol. The number of H-pyrrole nitrogens is 1.